The van der Waals surface area contributed by atoms with Crippen LogP contribution in [0.4, 0.5) is 0 Å². The quantitative estimate of drug-likeness (QED) is 0.391. The maximum atomic E-state index is 4.24. The van der Waals surface area contributed by atoms with Gasteiger partial charge in [-0.05, 0) is 37.9 Å². The van der Waals surface area contributed by atoms with E-state index in [-0.39, 0.29) is 0 Å². The fraction of sp³-hybridized carbons (Fsp3) is 1.00. The zero-order valence-electron chi connectivity index (χ0n) is 8.26. The van der Waals surface area contributed by atoms with E-state index in [1.54, 1.807) is 0 Å². The third-order valence-corrected chi connectivity index (χ3v) is 3.32. The molecule has 1 fully saturated rings. The Balaban J connectivity index is 2.17. The largest absolute Gasteiger partial charge is 0.326 e. The fourth-order valence-corrected chi connectivity index (χ4v) is 2.33. The zero-order chi connectivity index (χ0) is 8.86. The Kier molecular flexibility index (Phi) is 4.44. The van der Waals surface area contributed by atoms with Crippen LogP contribution in [0.1, 0.15) is 32.1 Å². The Morgan fingerprint density at radius 1 is 1.08 bits per heavy atom. The first-order valence-electron chi connectivity index (χ1n) is 5.21. The van der Waals surface area contributed by atoms with Crippen molar-refractivity contribution in [3.05, 3.63) is 0 Å². The fourth-order valence-electron chi connectivity index (χ4n) is 2.10. The van der Waals surface area contributed by atoms with Crippen molar-refractivity contribution in [3.8, 4) is 0 Å². The zero-order valence-corrected chi connectivity index (χ0v) is 9.15. The number of unbranched alkanes of at least 4 members (excludes halogenated alkanes) is 1. The molecule has 0 unspecified atom stereocenters. The van der Waals surface area contributed by atoms with Crippen LogP contribution in [0.2, 0.25) is 0 Å². The van der Waals surface area contributed by atoms with E-state index in [0.29, 0.717) is 0 Å². The summed E-state index contributed by atoms with van der Waals surface area (Å²) in [5, 5.41) is 0. The molecule has 0 aromatic heterocycles. The monoisotopic (exact) mass is 188 g/mol. The second-order valence-corrected chi connectivity index (χ2v) is 4.73. The highest BCUT2D eigenvalue weighted by Crippen LogP contribution is 2.16. The molecule has 1 aliphatic rings. The molecule has 72 valence electrons. The Morgan fingerprint density at radius 3 is 2.33 bits per heavy atom. The van der Waals surface area contributed by atoms with E-state index in [4.69, 9.17) is 0 Å². The van der Waals surface area contributed by atoms with Crippen LogP contribution >= 0.6 is 12.6 Å². The molecule has 0 atom stereocenters. The van der Waals surface area contributed by atoms with Crippen molar-refractivity contribution in [2.45, 2.75) is 32.1 Å². The van der Waals surface area contributed by atoms with Crippen LogP contribution in [0.25, 0.3) is 0 Å². The third-order valence-electron chi connectivity index (χ3n) is 3.00. The number of quaternary nitrogens is 1. The molecule has 1 rings (SSSR count). The average Bonchev–Trinajstić information content (AvgIpc) is 2.06. The van der Waals surface area contributed by atoms with E-state index in [1.807, 2.05) is 0 Å². The normalized spacial score (nSPS) is 22.5. The summed E-state index contributed by atoms with van der Waals surface area (Å²) in [6.07, 6.45) is 6.99. The second-order valence-electron chi connectivity index (χ2n) is 4.28. The van der Waals surface area contributed by atoms with Gasteiger partial charge in [0, 0.05) is 0 Å². The number of likely N-dealkylation sites (tertiary alicyclic amines) is 1. The molecule has 0 bridgehead atoms. The summed E-state index contributed by atoms with van der Waals surface area (Å²) in [7, 11) is 2.41. The van der Waals surface area contributed by atoms with Gasteiger partial charge in [0.2, 0.25) is 0 Å². The lowest BCUT2D eigenvalue weighted by Gasteiger charge is -2.37. The first-order valence-corrected chi connectivity index (χ1v) is 5.84. The molecule has 0 aromatic carbocycles. The maximum absolute atomic E-state index is 4.24. The molecule has 1 aliphatic heterocycles. The molecular weight excluding hydrogens is 166 g/mol. The Labute approximate surface area is 82.1 Å². The molecule has 2 heteroatoms. The van der Waals surface area contributed by atoms with Crippen molar-refractivity contribution in [2.24, 2.45) is 0 Å². The molecule has 0 aromatic rings. The summed E-state index contributed by atoms with van der Waals surface area (Å²) < 4.78 is 1.33. The van der Waals surface area contributed by atoms with Gasteiger partial charge in [-0.3, -0.25) is 0 Å². The van der Waals surface area contributed by atoms with Crippen LogP contribution in [-0.2, 0) is 0 Å². The highest BCUT2D eigenvalue weighted by molar-refractivity contribution is 7.80. The second kappa shape index (κ2) is 5.13. The summed E-state index contributed by atoms with van der Waals surface area (Å²) in [5.41, 5.74) is 0. The molecule has 1 nitrogen and oxygen atoms in total. The molecule has 0 N–H and O–H groups in total. The first kappa shape index (κ1) is 10.4. The van der Waals surface area contributed by atoms with Gasteiger partial charge >= 0.3 is 0 Å². The van der Waals surface area contributed by atoms with Crippen LogP contribution in [0.3, 0.4) is 0 Å². The summed E-state index contributed by atoms with van der Waals surface area (Å²) in [5.74, 6) is 1.06. The van der Waals surface area contributed by atoms with Crippen molar-refractivity contribution < 1.29 is 4.48 Å². The standard InChI is InChI=1S/C10H21NS/c1-11(9-5-6-10-12)7-3-2-4-8-11/h2-10H2,1H3/p+1. The number of piperidine rings is 1. The summed E-state index contributed by atoms with van der Waals surface area (Å²) in [6.45, 7) is 4.19. The van der Waals surface area contributed by atoms with Crippen LogP contribution in [0.5, 0.6) is 0 Å². The SMILES string of the molecule is C[N+]1(CCCCS)CCCCC1. The molecule has 0 amide bonds. The van der Waals surface area contributed by atoms with Crippen LogP contribution in [0, 0.1) is 0 Å². The minimum Gasteiger partial charge on any atom is -0.326 e. The van der Waals surface area contributed by atoms with Crippen molar-refractivity contribution >= 4 is 12.6 Å². The number of nitrogens with zero attached hydrogens (tertiary/aromatic N) is 1. The topological polar surface area (TPSA) is 0 Å². The lowest BCUT2D eigenvalue weighted by molar-refractivity contribution is -0.914. The molecule has 0 saturated carbocycles. The summed E-state index contributed by atoms with van der Waals surface area (Å²) >= 11 is 4.24. The Hall–Kier alpha value is 0.310. The molecule has 0 radical (unpaired) electrons. The molecule has 0 aliphatic carbocycles. The van der Waals surface area contributed by atoms with Gasteiger partial charge in [-0.1, -0.05) is 0 Å². The summed E-state index contributed by atoms with van der Waals surface area (Å²) in [6, 6.07) is 0. The van der Waals surface area contributed by atoms with Gasteiger partial charge in [-0.15, -0.1) is 0 Å². The van der Waals surface area contributed by atoms with E-state index in [2.05, 4.69) is 19.7 Å². The molecule has 0 spiro atoms. The van der Waals surface area contributed by atoms with Gasteiger partial charge in [-0.2, -0.15) is 12.6 Å². The Bertz CT molecular complexity index is 119. The lowest BCUT2D eigenvalue weighted by atomic mass is 10.1. The number of thiol groups is 1. The van der Waals surface area contributed by atoms with Crippen LogP contribution in [-0.4, -0.2) is 36.9 Å². The van der Waals surface area contributed by atoms with Crippen LogP contribution < -0.4 is 0 Å². The predicted molar refractivity (Wildman–Crippen MR) is 57.7 cm³/mol. The van der Waals surface area contributed by atoms with Gasteiger partial charge in [0.25, 0.3) is 0 Å². The maximum Gasteiger partial charge on any atom is 0.0784 e. The first-order chi connectivity index (χ1) is 5.77. The van der Waals surface area contributed by atoms with Gasteiger partial charge in [-0.25, -0.2) is 0 Å². The van der Waals surface area contributed by atoms with E-state index in [0.717, 1.165) is 5.75 Å². The summed E-state index contributed by atoms with van der Waals surface area (Å²) in [4.78, 5) is 0. The van der Waals surface area contributed by atoms with Gasteiger partial charge in [0.15, 0.2) is 0 Å². The highest BCUT2D eigenvalue weighted by atomic mass is 32.1. The van der Waals surface area contributed by atoms with Crippen molar-refractivity contribution in [3.63, 3.8) is 0 Å². The van der Waals surface area contributed by atoms with Crippen molar-refractivity contribution in [2.75, 3.05) is 32.4 Å². The highest BCUT2D eigenvalue weighted by Gasteiger charge is 2.23. The van der Waals surface area contributed by atoms with Crippen molar-refractivity contribution in [1.29, 1.82) is 0 Å². The predicted octanol–water partition coefficient (Wildman–Crippen LogP) is 2.33. The molecular formula is C10H22NS+. The van der Waals surface area contributed by atoms with Gasteiger partial charge in [0.1, 0.15) is 0 Å². The van der Waals surface area contributed by atoms with E-state index in [1.165, 1.54) is 56.2 Å². The molecule has 1 heterocycles. The third kappa shape index (κ3) is 3.36. The molecule has 12 heavy (non-hydrogen) atoms. The smallest absolute Gasteiger partial charge is 0.0784 e. The van der Waals surface area contributed by atoms with Gasteiger partial charge in [0.05, 0.1) is 26.7 Å². The number of hydrogen-bond acceptors (Lipinski definition) is 1. The minimum absolute atomic E-state index is 1.06. The number of hydrogen-bond donors (Lipinski definition) is 1. The van der Waals surface area contributed by atoms with Gasteiger partial charge < -0.3 is 4.48 Å². The lowest BCUT2D eigenvalue weighted by Crippen LogP contribution is -2.48. The van der Waals surface area contributed by atoms with E-state index >= 15 is 0 Å². The average molecular weight is 188 g/mol. The van der Waals surface area contributed by atoms with Crippen LogP contribution in [0.15, 0.2) is 0 Å². The van der Waals surface area contributed by atoms with E-state index in [9.17, 15) is 0 Å². The number of rotatable bonds is 4. The molecule has 1 saturated heterocycles. The minimum atomic E-state index is 1.06. The van der Waals surface area contributed by atoms with E-state index < -0.39 is 0 Å². The van der Waals surface area contributed by atoms with Crippen molar-refractivity contribution in [1.82, 2.24) is 0 Å². The Morgan fingerprint density at radius 2 is 1.75 bits per heavy atom.